The van der Waals surface area contributed by atoms with Gasteiger partial charge in [-0.2, -0.15) is 0 Å². The van der Waals surface area contributed by atoms with E-state index in [2.05, 4.69) is 35.7 Å². The number of aryl methyl sites for hydroxylation is 1. The van der Waals surface area contributed by atoms with Crippen molar-refractivity contribution in [2.45, 2.75) is 18.9 Å². The topological polar surface area (TPSA) is 12.0 Å². The molecule has 0 amide bonds. The van der Waals surface area contributed by atoms with Crippen molar-refractivity contribution in [2.75, 3.05) is 12.4 Å². The molecular formula is C13H16ClN. The van der Waals surface area contributed by atoms with Crippen molar-refractivity contribution in [3.05, 3.63) is 47.5 Å². The summed E-state index contributed by atoms with van der Waals surface area (Å²) in [6.07, 6.45) is 6.49. The van der Waals surface area contributed by atoms with Gasteiger partial charge in [0, 0.05) is 18.5 Å². The van der Waals surface area contributed by atoms with Gasteiger partial charge in [-0.25, -0.2) is 0 Å². The van der Waals surface area contributed by atoms with Gasteiger partial charge in [-0.05, 0) is 24.0 Å². The Bertz CT molecular complexity index is 346. The third-order valence-corrected chi connectivity index (χ3v) is 3.05. The minimum atomic E-state index is 0.529. The molecule has 0 heterocycles. The largest absolute Gasteiger partial charge is 0.306 e. The molecule has 2 rings (SSSR count). The van der Waals surface area contributed by atoms with Gasteiger partial charge in [-0.3, -0.25) is 0 Å². The van der Waals surface area contributed by atoms with Gasteiger partial charge < -0.3 is 5.32 Å². The maximum absolute atomic E-state index is 5.56. The molecule has 0 aromatic heterocycles. The first kappa shape index (κ1) is 10.7. The zero-order valence-electron chi connectivity index (χ0n) is 8.75. The molecule has 0 saturated carbocycles. The Morgan fingerprint density at radius 3 is 3.07 bits per heavy atom. The molecule has 1 aliphatic carbocycles. The molecule has 1 atom stereocenters. The second-order valence-electron chi connectivity index (χ2n) is 3.82. The highest BCUT2D eigenvalue weighted by atomic mass is 35.5. The van der Waals surface area contributed by atoms with Crippen LogP contribution in [-0.2, 0) is 6.42 Å². The van der Waals surface area contributed by atoms with Crippen molar-refractivity contribution in [1.29, 1.82) is 0 Å². The number of fused-ring (bicyclic) bond motifs is 1. The van der Waals surface area contributed by atoms with Crippen LogP contribution in [0.2, 0.25) is 0 Å². The summed E-state index contributed by atoms with van der Waals surface area (Å²) < 4.78 is 0. The highest BCUT2D eigenvalue weighted by Gasteiger charge is 2.20. The first-order valence-electron chi connectivity index (χ1n) is 5.44. The standard InChI is InChI=1S/C13H16ClN/c14-9-3-4-10-15-13-8-7-11-5-1-2-6-12(11)13/h1-6,13,15H,7-10H2/b4-3+. The smallest absolute Gasteiger partial charge is 0.0404 e. The molecule has 1 N–H and O–H groups in total. The molecule has 15 heavy (non-hydrogen) atoms. The zero-order valence-corrected chi connectivity index (χ0v) is 9.50. The normalized spacial score (nSPS) is 19.7. The number of rotatable bonds is 4. The summed E-state index contributed by atoms with van der Waals surface area (Å²) in [4.78, 5) is 0. The number of benzene rings is 1. The van der Waals surface area contributed by atoms with Gasteiger partial charge in [0.1, 0.15) is 0 Å². The van der Waals surface area contributed by atoms with E-state index in [0.717, 1.165) is 6.54 Å². The highest BCUT2D eigenvalue weighted by Crippen LogP contribution is 2.30. The van der Waals surface area contributed by atoms with Gasteiger partial charge in [0.25, 0.3) is 0 Å². The van der Waals surface area contributed by atoms with E-state index in [4.69, 9.17) is 11.6 Å². The summed E-state index contributed by atoms with van der Waals surface area (Å²) in [6.45, 7) is 0.908. The second-order valence-corrected chi connectivity index (χ2v) is 4.13. The quantitative estimate of drug-likeness (QED) is 0.609. The summed E-state index contributed by atoms with van der Waals surface area (Å²) in [5.74, 6) is 0.600. The third kappa shape index (κ3) is 2.61. The first-order chi connectivity index (χ1) is 7.42. The van der Waals surface area contributed by atoms with Crippen LogP contribution in [0.1, 0.15) is 23.6 Å². The maximum atomic E-state index is 5.56. The van der Waals surface area contributed by atoms with E-state index >= 15 is 0 Å². The highest BCUT2D eigenvalue weighted by molar-refractivity contribution is 6.18. The summed E-state index contributed by atoms with van der Waals surface area (Å²) in [5, 5.41) is 3.53. The average Bonchev–Trinajstić information content (AvgIpc) is 2.68. The average molecular weight is 222 g/mol. The van der Waals surface area contributed by atoms with Gasteiger partial charge >= 0.3 is 0 Å². The van der Waals surface area contributed by atoms with Crippen molar-refractivity contribution >= 4 is 11.6 Å². The molecule has 2 heteroatoms. The van der Waals surface area contributed by atoms with Crippen LogP contribution in [0.3, 0.4) is 0 Å². The van der Waals surface area contributed by atoms with Crippen LogP contribution in [0, 0.1) is 0 Å². The molecule has 1 aromatic carbocycles. The van der Waals surface area contributed by atoms with Gasteiger partial charge in [0.05, 0.1) is 0 Å². The summed E-state index contributed by atoms with van der Waals surface area (Å²) in [5.41, 5.74) is 2.97. The molecule has 0 fully saturated rings. The summed E-state index contributed by atoms with van der Waals surface area (Å²) in [6, 6.07) is 9.22. The molecule has 1 unspecified atom stereocenters. The van der Waals surface area contributed by atoms with Crippen LogP contribution in [0.4, 0.5) is 0 Å². The Labute approximate surface area is 96.1 Å². The minimum Gasteiger partial charge on any atom is -0.306 e. The van der Waals surface area contributed by atoms with Crippen LogP contribution in [0.5, 0.6) is 0 Å². The van der Waals surface area contributed by atoms with Crippen LogP contribution < -0.4 is 5.32 Å². The lowest BCUT2D eigenvalue weighted by atomic mass is 10.1. The van der Waals surface area contributed by atoms with Crippen molar-refractivity contribution in [3.8, 4) is 0 Å². The van der Waals surface area contributed by atoms with E-state index in [1.807, 2.05) is 6.08 Å². The maximum Gasteiger partial charge on any atom is 0.0404 e. The fourth-order valence-electron chi connectivity index (χ4n) is 2.13. The summed E-state index contributed by atoms with van der Waals surface area (Å²) in [7, 11) is 0. The van der Waals surface area contributed by atoms with Crippen molar-refractivity contribution in [3.63, 3.8) is 0 Å². The Hall–Kier alpha value is -0.790. The fourth-order valence-corrected chi connectivity index (χ4v) is 2.25. The molecule has 1 nitrogen and oxygen atoms in total. The molecule has 0 saturated heterocycles. The molecule has 1 aromatic rings. The zero-order chi connectivity index (χ0) is 10.5. The SMILES string of the molecule is ClC/C=C/CNC1CCc2ccccc21. The van der Waals surface area contributed by atoms with E-state index in [-0.39, 0.29) is 0 Å². The molecule has 0 aliphatic heterocycles. The van der Waals surface area contributed by atoms with Crippen LogP contribution >= 0.6 is 11.6 Å². The van der Waals surface area contributed by atoms with E-state index in [1.165, 1.54) is 24.0 Å². The second kappa shape index (κ2) is 5.34. The Morgan fingerprint density at radius 2 is 2.20 bits per heavy atom. The van der Waals surface area contributed by atoms with Crippen molar-refractivity contribution in [2.24, 2.45) is 0 Å². The Morgan fingerprint density at radius 1 is 1.33 bits per heavy atom. The van der Waals surface area contributed by atoms with E-state index in [9.17, 15) is 0 Å². The van der Waals surface area contributed by atoms with Crippen LogP contribution in [-0.4, -0.2) is 12.4 Å². The van der Waals surface area contributed by atoms with Crippen LogP contribution in [0.25, 0.3) is 0 Å². The fraction of sp³-hybridized carbons (Fsp3) is 0.385. The molecule has 80 valence electrons. The van der Waals surface area contributed by atoms with Crippen molar-refractivity contribution < 1.29 is 0 Å². The number of nitrogens with one attached hydrogen (secondary N) is 1. The molecular weight excluding hydrogens is 206 g/mol. The number of alkyl halides is 1. The van der Waals surface area contributed by atoms with Crippen LogP contribution in [0.15, 0.2) is 36.4 Å². The predicted molar refractivity (Wildman–Crippen MR) is 65.4 cm³/mol. The van der Waals surface area contributed by atoms with Gasteiger partial charge in [-0.1, -0.05) is 36.4 Å². The minimum absolute atomic E-state index is 0.529. The number of hydrogen-bond acceptors (Lipinski definition) is 1. The van der Waals surface area contributed by atoms with E-state index in [1.54, 1.807) is 0 Å². The summed E-state index contributed by atoms with van der Waals surface area (Å²) >= 11 is 5.56. The van der Waals surface area contributed by atoms with Gasteiger partial charge in [0.15, 0.2) is 0 Å². The lowest BCUT2D eigenvalue weighted by Crippen LogP contribution is -2.18. The first-order valence-corrected chi connectivity index (χ1v) is 5.97. The third-order valence-electron chi connectivity index (χ3n) is 2.87. The Balaban J connectivity index is 1.93. The van der Waals surface area contributed by atoms with Gasteiger partial charge in [-0.15, -0.1) is 11.6 Å². The lowest BCUT2D eigenvalue weighted by Gasteiger charge is -2.11. The number of allylic oxidation sites excluding steroid dienone is 1. The molecule has 0 bridgehead atoms. The molecule has 0 spiro atoms. The van der Waals surface area contributed by atoms with E-state index < -0.39 is 0 Å². The molecule has 1 aliphatic rings. The lowest BCUT2D eigenvalue weighted by molar-refractivity contribution is 0.564. The number of halogens is 1. The van der Waals surface area contributed by atoms with Gasteiger partial charge in [0.2, 0.25) is 0 Å². The van der Waals surface area contributed by atoms with Crippen molar-refractivity contribution in [1.82, 2.24) is 5.32 Å². The molecule has 0 radical (unpaired) electrons. The Kier molecular flexibility index (Phi) is 3.81. The monoisotopic (exact) mass is 221 g/mol. The van der Waals surface area contributed by atoms with E-state index in [0.29, 0.717) is 11.9 Å². The number of hydrogen-bond donors (Lipinski definition) is 1. The predicted octanol–water partition coefficient (Wildman–Crippen LogP) is 3.06.